The molecule has 0 unspecified atom stereocenters. The van der Waals surface area contributed by atoms with Gasteiger partial charge in [-0.3, -0.25) is 0 Å². The quantitative estimate of drug-likeness (QED) is 0.443. The van der Waals surface area contributed by atoms with Crippen LogP contribution in [0.5, 0.6) is 0 Å². The van der Waals surface area contributed by atoms with E-state index in [2.05, 4.69) is 0 Å². The van der Waals surface area contributed by atoms with Crippen molar-refractivity contribution in [1.29, 1.82) is 0 Å². The van der Waals surface area contributed by atoms with Gasteiger partial charge in [0.05, 0.1) is 6.61 Å². The summed E-state index contributed by atoms with van der Waals surface area (Å²) in [5, 5.41) is 8.42. The Bertz CT molecular complexity index is 101. The second kappa shape index (κ2) is 5.01. The molecule has 5 N–H and O–H groups in total. The minimum Gasteiger partial charge on any atom is -0.395 e. The van der Waals surface area contributed by atoms with Crippen molar-refractivity contribution in [1.82, 2.24) is 4.90 Å². The average molecular weight is 147 g/mol. The number of aliphatic hydroxyl groups is 1. The fourth-order valence-corrected chi connectivity index (χ4v) is 0.609. The Labute approximate surface area is 59.6 Å². The molecule has 0 aromatic rings. The van der Waals surface area contributed by atoms with E-state index < -0.39 is 6.03 Å². The molecule has 0 aliphatic rings. The third kappa shape index (κ3) is 3.26. The lowest BCUT2D eigenvalue weighted by Gasteiger charge is -2.17. The molecular formula is C5H13N3O2. The van der Waals surface area contributed by atoms with Crippen LogP contribution in [0.1, 0.15) is 0 Å². The first kappa shape index (κ1) is 9.19. The van der Waals surface area contributed by atoms with Gasteiger partial charge >= 0.3 is 6.03 Å². The fourth-order valence-electron chi connectivity index (χ4n) is 0.609. The van der Waals surface area contributed by atoms with E-state index in [9.17, 15) is 4.79 Å². The van der Waals surface area contributed by atoms with Crippen LogP contribution < -0.4 is 11.5 Å². The van der Waals surface area contributed by atoms with E-state index in [0.29, 0.717) is 13.1 Å². The first-order valence-electron chi connectivity index (χ1n) is 3.07. The van der Waals surface area contributed by atoms with Crippen molar-refractivity contribution in [2.45, 2.75) is 0 Å². The Hall–Kier alpha value is -0.810. The third-order valence-corrected chi connectivity index (χ3v) is 1.08. The maximum atomic E-state index is 10.5. The van der Waals surface area contributed by atoms with Crippen molar-refractivity contribution >= 4 is 6.03 Å². The van der Waals surface area contributed by atoms with E-state index in [-0.39, 0.29) is 13.2 Å². The molecule has 0 radical (unpaired) electrons. The van der Waals surface area contributed by atoms with Gasteiger partial charge in [0, 0.05) is 19.6 Å². The van der Waals surface area contributed by atoms with Gasteiger partial charge in [-0.25, -0.2) is 4.79 Å². The SMILES string of the molecule is NCCN(CCO)C(N)=O. The Morgan fingerprint density at radius 3 is 2.40 bits per heavy atom. The molecule has 0 atom stereocenters. The number of urea groups is 1. The van der Waals surface area contributed by atoms with Crippen LogP contribution in [0.25, 0.3) is 0 Å². The Balaban J connectivity index is 3.61. The molecule has 5 nitrogen and oxygen atoms in total. The average Bonchev–Trinajstić information content (AvgIpc) is 1.87. The van der Waals surface area contributed by atoms with E-state index in [1.807, 2.05) is 0 Å². The summed E-state index contributed by atoms with van der Waals surface area (Å²) in [7, 11) is 0. The van der Waals surface area contributed by atoms with E-state index in [1.165, 1.54) is 4.90 Å². The lowest BCUT2D eigenvalue weighted by atomic mass is 10.5. The van der Waals surface area contributed by atoms with E-state index in [1.54, 1.807) is 0 Å². The van der Waals surface area contributed by atoms with Crippen LogP contribution in [0.2, 0.25) is 0 Å². The number of amides is 2. The first-order chi connectivity index (χ1) is 4.72. The van der Waals surface area contributed by atoms with Gasteiger partial charge in [-0.15, -0.1) is 0 Å². The molecule has 0 saturated heterocycles. The molecule has 2 amide bonds. The van der Waals surface area contributed by atoms with Crippen LogP contribution >= 0.6 is 0 Å². The van der Waals surface area contributed by atoms with Crippen LogP contribution in [-0.4, -0.2) is 42.3 Å². The van der Waals surface area contributed by atoms with E-state index in [4.69, 9.17) is 16.6 Å². The van der Waals surface area contributed by atoms with Gasteiger partial charge < -0.3 is 21.5 Å². The number of nitrogens with zero attached hydrogens (tertiary/aromatic N) is 1. The molecular weight excluding hydrogens is 134 g/mol. The molecule has 0 bridgehead atoms. The minimum atomic E-state index is -0.542. The van der Waals surface area contributed by atoms with Gasteiger partial charge in [-0.05, 0) is 0 Å². The number of aliphatic hydroxyl groups excluding tert-OH is 1. The van der Waals surface area contributed by atoms with Crippen molar-refractivity contribution in [3.05, 3.63) is 0 Å². The summed E-state index contributed by atoms with van der Waals surface area (Å²) < 4.78 is 0. The van der Waals surface area contributed by atoms with Crippen LogP contribution in [0, 0.1) is 0 Å². The maximum absolute atomic E-state index is 10.5. The highest BCUT2D eigenvalue weighted by molar-refractivity contribution is 5.71. The Morgan fingerprint density at radius 2 is 2.10 bits per heavy atom. The summed E-state index contributed by atoms with van der Waals surface area (Å²) in [5.41, 5.74) is 10.1. The highest BCUT2D eigenvalue weighted by Crippen LogP contribution is 1.83. The molecule has 0 aliphatic carbocycles. The number of hydrogen-bond donors (Lipinski definition) is 3. The topological polar surface area (TPSA) is 92.6 Å². The van der Waals surface area contributed by atoms with Crippen LogP contribution in [0.4, 0.5) is 4.79 Å². The molecule has 0 fully saturated rings. The monoisotopic (exact) mass is 147 g/mol. The normalized spacial score (nSPS) is 9.40. The first-order valence-corrected chi connectivity index (χ1v) is 3.07. The Morgan fingerprint density at radius 1 is 1.50 bits per heavy atom. The van der Waals surface area contributed by atoms with E-state index in [0.717, 1.165) is 0 Å². The zero-order chi connectivity index (χ0) is 7.98. The second-order valence-electron chi connectivity index (χ2n) is 1.84. The summed E-state index contributed by atoms with van der Waals surface area (Å²) in [6, 6.07) is -0.542. The zero-order valence-electron chi connectivity index (χ0n) is 5.79. The predicted octanol–water partition coefficient (Wildman–Crippen LogP) is -1.68. The number of rotatable bonds is 4. The van der Waals surface area contributed by atoms with Gasteiger partial charge in [-0.2, -0.15) is 0 Å². The fraction of sp³-hybridized carbons (Fsp3) is 0.800. The largest absolute Gasteiger partial charge is 0.395 e. The Kier molecular flexibility index (Phi) is 4.61. The van der Waals surface area contributed by atoms with Crippen molar-refractivity contribution < 1.29 is 9.90 Å². The van der Waals surface area contributed by atoms with Crippen molar-refractivity contribution in [3.8, 4) is 0 Å². The third-order valence-electron chi connectivity index (χ3n) is 1.08. The van der Waals surface area contributed by atoms with Crippen LogP contribution in [0.3, 0.4) is 0 Å². The van der Waals surface area contributed by atoms with Crippen molar-refractivity contribution in [2.75, 3.05) is 26.2 Å². The highest BCUT2D eigenvalue weighted by Gasteiger charge is 2.05. The maximum Gasteiger partial charge on any atom is 0.314 e. The summed E-state index contributed by atoms with van der Waals surface area (Å²) in [6.07, 6.45) is 0. The lowest BCUT2D eigenvalue weighted by molar-refractivity contribution is 0.187. The number of nitrogens with two attached hydrogens (primary N) is 2. The summed E-state index contributed by atoms with van der Waals surface area (Å²) in [6.45, 7) is 0.939. The van der Waals surface area contributed by atoms with Gasteiger partial charge in [0.25, 0.3) is 0 Å². The van der Waals surface area contributed by atoms with Crippen LogP contribution in [-0.2, 0) is 0 Å². The van der Waals surface area contributed by atoms with Gasteiger partial charge in [-0.1, -0.05) is 0 Å². The molecule has 0 saturated carbocycles. The number of primary amides is 1. The number of carbonyl (C=O) groups excluding carboxylic acids is 1. The smallest absolute Gasteiger partial charge is 0.314 e. The van der Waals surface area contributed by atoms with Crippen molar-refractivity contribution in [2.24, 2.45) is 11.5 Å². The molecule has 0 heterocycles. The van der Waals surface area contributed by atoms with Crippen LogP contribution in [0.15, 0.2) is 0 Å². The molecule has 5 heteroatoms. The number of carbonyl (C=O) groups is 1. The standard InChI is InChI=1S/C5H13N3O2/c6-1-2-8(3-4-9)5(7)10/h9H,1-4,6H2,(H2,7,10). The molecule has 0 aliphatic heterocycles. The van der Waals surface area contributed by atoms with Gasteiger partial charge in [0.15, 0.2) is 0 Å². The minimum absolute atomic E-state index is 0.0804. The van der Waals surface area contributed by atoms with Gasteiger partial charge in [0.2, 0.25) is 0 Å². The summed E-state index contributed by atoms with van der Waals surface area (Å²) in [5.74, 6) is 0. The summed E-state index contributed by atoms with van der Waals surface area (Å²) >= 11 is 0. The number of hydrogen-bond acceptors (Lipinski definition) is 3. The second-order valence-corrected chi connectivity index (χ2v) is 1.84. The summed E-state index contributed by atoms with van der Waals surface area (Å²) in [4.78, 5) is 11.8. The molecule has 60 valence electrons. The van der Waals surface area contributed by atoms with E-state index >= 15 is 0 Å². The van der Waals surface area contributed by atoms with Gasteiger partial charge in [0.1, 0.15) is 0 Å². The molecule has 10 heavy (non-hydrogen) atoms. The zero-order valence-corrected chi connectivity index (χ0v) is 5.79. The molecule has 0 rings (SSSR count). The molecule has 0 aromatic heterocycles. The molecule has 0 spiro atoms. The predicted molar refractivity (Wildman–Crippen MR) is 37.3 cm³/mol. The van der Waals surface area contributed by atoms with Crippen molar-refractivity contribution in [3.63, 3.8) is 0 Å². The highest BCUT2D eigenvalue weighted by atomic mass is 16.3. The molecule has 0 aromatic carbocycles. The lowest BCUT2D eigenvalue weighted by Crippen LogP contribution is -2.40.